The van der Waals surface area contributed by atoms with Crippen LogP contribution in [-0.4, -0.2) is 48.2 Å². The minimum atomic E-state index is -0.755. The van der Waals surface area contributed by atoms with Crippen LogP contribution in [0.5, 0.6) is 11.5 Å². The SMILES string of the molecule is CCNC(=NCc1ccccc1Cn1cccn1)NCC(O)c1cc(OC)cc(OC)c1. The van der Waals surface area contributed by atoms with E-state index in [0.29, 0.717) is 42.7 Å². The third-order valence-electron chi connectivity index (χ3n) is 4.98. The fourth-order valence-electron chi connectivity index (χ4n) is 3.27. The number of aromatic nitrogens is 2. The Bertz CT molecular complexity index is 982. The molecule has 3 rings (SSSR count). The van der Waals surface area contributed by atoms with Gasteiger partial charge in [0.1, 0.15) is 11.5 Å². The van der Waals surface area contributed by atoms with Crippen molar-refractivity contribution in [2.45, 2.75) is 26.1 Å². The van der Waals surface area contributed by atoms with E-state index in [9.17, 15) is 5.11 Å². The highest BCUT2D eigenvalue weighted by Gasteiger charge is 2.12. The second kappa shape index (κ2) is 11.8. The number of aliphatic imine (C=N–C) groups is 1. The zero-order chi connectivity index (χ0) is 22.8. The molecule has 1 aromatic heterocycles. The van der Waals surface area contributed by atoms with E-state index in [2.05, 4.69) is 27.9 Å². The number of nitrogens with zero attached hydrogens (tertiary/aromatic N) is 3. The number of rotatable bonds is 10. The number of nitrogens with one attached hydrogen (secondary N) is 2. The van der Waals surface area contributed by atoms with E-state index < -0.39 is 6.10 Å². The van der Waals surface area contributed by atoms with Crippen molar-refractivity contribution in [3.8, 4) is 11.5 Å². The van der Waals surface area contributed by atoms with Crippen LogP contribution in [0.2, 0.25) is 0 Å². The van der Waals surface area contributed by atoms with E-state index in [1.54, 1.807) is 38.6 Å². The van der Waals surface area contributed by atoms with Crippen molar-refractivity contribution in [2.75, 3.05) is 27.3 Å². The van der Waals surface area contributed by atoms with E-state index in [1.165, 1.54) is 5.56 Å². The van der Waals surface area contributed by atoms with Crippen LogP contribution in [0.4, 0.5) is 0 Å². The van der Waals surface area contributed by atoms with Gasteiger partial charge in [0.2, 0.25) is 0 Å². The number of hydrogen-bond acceptors (Lipinski definition) is 5. The van der Waals surface area contributed by atoms with Crippen LogP contribution in [0.1, 0.15) is 29.7 Å². The summed E-state index contributed by atoms with van der Waals surface area (Å²) < 4.78 is 12.5. The number of benzene rings is 2. The lowest BCUT2D eigenvalue weighted by molar-refractivity contribution is 0.180. The van der Waals surface area contributed by atoms with Crippen LogP contribution in [0.3, 0.4) is 0 Å². The molecule has 0 aliphatic heterocycles. The summed E-state index contributed by atoms with van der Waals surface area (Å²) in [6.45, 7) is 4.21. The molecule has 3 aromatic rings. The Morgan fingerprint density at radius 2 is 1.78 bits per heavy atom. The zero-order valence-corrected chi connectivity index (χ0v) is 18.8. The predicted octanol–water partition coefficient (Wildman–Crippen LogP) is 2.74. The molecule has 0 fully saturated rings. The van der Waals surface area contributed by atoms with Crippen molar-refractivity contribution in [3.63, 3.8) is 0 Å². The zero-order valence-electron chi connectivity index (χ0n) is 18.8. The van der Waals surface area contributed by atoms with Gasteiger partial charge in [-0.2, -0.15) is 5.10 Å². The summed E-state index contributed by atoms with van der Waals surface area (Å²) in [5, 5.41) is 21.4. The van der Waals surface area contributed by atoms with E-state index >= 15 is 0 Å². The lowest BCUT2D eigenvalue weighted by Gasteiger charge is -2.17. The Morgan fingerprint density at radius 1 is 1.06 bits per heavy atom. The summed E-state index contributed by atoms with van der Waals surface area (Å²) >= 11 is 0. The molecule has 0 aliphatic carbocycles. The Hall–Kier alpha value is -3.52. The molecule has 170 valence electrons. The molecule has 32 heavy (non-hydrogen) atoms. The van der Waals surface area contributed by atoms with E-state index in [-0.39, 0.29) is 6.54 Å². The normalized spacial score (nSPS) is 12.3. The molecule has 2 aromatic carbocycles. The second-order valence-corrected chi connectivity index (χ2v) is 7.21. The first-order chi connectivity index (χ1) is 15.6. The lowest BCUT2D eigenvalue weighted by Crippen LogP contribution is -2.39. The van der Waals surface area contributed by atoms with Gasteiger partial charge in [0.15, 0.2) is 5.96 Å². The molecule has 0 radical (unpaired) electrons. The Kier molecular flexibility index (Phi) is 8.51. The number of aliphatic hydroxyl groups excluding tert-OH is 1. The number of hydrogen-bond donors (Lipinski definition) is 3. The molecule has 1 atom stereocenters. The standard InChI is InChI=1S/C24H31N5O3/c1-4-25-24(27-16-23(30)20-12-21(31-2)14-22(13-20)32-3)26-15-18-8-5-6-9-19(18)17-29-11-7-10-28-29/h5-14,23,30H,4,15-17H2,1-3H3,(H2,25,26,27). The highest BCUT2D eigenvalue weighted by Crippen LogP contribution is 2.26. The summed E-state index contributed by atoms with van der Waals surface area (Å²) in [6, 6.07) is 15.5. The number of aliphatic hydroxyl groups is 1. The van der Waals surface area contributed by atoms with Crippen molar-refractivity contribution >= 4 is 5.96 Å². The molecule has 1 unspecified atom stereocenters. The van der Waals surface area contributed by atoms with E-state index in [0.717, 1.165) is 5.56 Å². The molecule has 8 heteroatoms. The third kappa shape index (κ3) is 6.49. The van der Waals surface area contributed by atoms with Gasteiger partial charge in [0.05, 0.1) is 33.4 Å². The third-order valence-corrected chi connectivity index (χ3v) is 4.98. The minimum Gasteiger partial charge on any atom is -0.497 e. The average Bonchev–Trinajstić information content (AvgIpc) is 3.34. The molecule has 1 heterocycles. The van der Waals surface area contributed by atoms with Crippen LogP contribution in [0.25, 0.3) is 0 Å². The quantitative estimate of drug-likeness (QED) is 0.334. The van der Waals surface area contributed by atoms with Crippen LogP contribution in [-0.2, 0) is 13.1 Å². The monoisotopic (exact) mass is 437 g/mol. The first-order valence-electron chi connectivity index (χ1n) is 10.6. The largest absolute Gasteiger partial charge is 0.497 e. The van der Waals surface area contributed by atoms with Crippen LogP contribution < -0.4 is 20.1 Å². The number of ether oxygens (including phenoxy) is 2. The summed E-state index contributed by atoms with van der Waals surface area (Å²) in [4.78, 5) is 4.71. The maximum atomic E-state index is 10.7. The lowest BCUT2D eigenvalue weighted by atomic mass is 10.1. The summed E-state index contributed by atoms with van der Waals surface area (Å²) in [6.07, 6.45) is 2.97. The second-order valence-electron chi connectivity index (χ2n) is 7.21. The van der Waals surface area contributed by atoms with Crippen molar-refractivity contribution < 1.29 is 14.6 Å². The molecule has 3 N–H and O–H groups in total. The highest BCUT2D eigenvalue weighted by atomic mass is 16.5. The van der Waals surface area contributed by atoms with E-state index in [4.69, 9.17) is 14.5 Å². The molecular formula is C24H31N5O3. The topological polar surface area (TPSA) is 92.9 Å². The van der Waals surface area contributed by atoms with Gasteiger partial charge in [-0.25, -0.2) is 4.99 Å². The highest BCUT2D eigenvalue weighted by molar-refractivity contribution is 5.79. The minimum absolute atomic E-state index is 0.289. The summed E-state index contributed by atoms with van der Waals surface area (Å²) in [5.74, 6) is 1.90. The molecule has 0 aliphatic rings. The van der Waals surface area contributed by atoms with Gasteiger partial charge in [-0.05, 0) is 41.8 Å². The van der Waals surface area contributed by atoms with Crippen molar-refractivity contribution in [1.29, 1.82) is 0 Å². The van der Waals surface area contributed by atoms with Crippen molar-refractivity contribution in [1.82, 2.24) is 20.4 Å². The fraction of sp³-hybridized carbons (Fsp3) is 0.333. The van der Waals surface area contributed by atoms with Gasteiger partial charge >= 0.3 is 0 Å². The van der Waals surface area contributed by atoms with Gasteiger partial charge in [-0.1, -0.05) is 24.3 Å². The Morgan fingerprint density at radius 3 is 2.41 bits per heavy atom. The van der Waals surface area contributed by atoms with Gasteiger partial charge in [0, 0.05) is 31.5 Å². The average molecular weight is 438 g/mol. The molecule has 0 bridgehead atoms. The van der Waals surface area contributed by atoms with Crippen molar-refractivity contribution in [2.24, 2.45) is 4.99 Å². The van der Waals surface area contributed by atoms with Gasteiger partial charge in [0.25, 0.3) is 0 Å². The predicted molar refractivity (Wildman–Crippen MR) is 125 cm³/mol. The first-order valence-corrected chi connectivity index (χ1v) is 10.6. The molecule has 8 nitrogen and oxygen atoms in total. The smallest absolute Gasteiger partial charge is 0.191 e. The first kappa shape index (κ1) is 23.1. The van der Waals surface area contributed by atoms with Crippen LogP contribution in [0, 0.1) is 0 Å². The Labute approximate surface area is 188 Å². The number of guanidine groups is 1. The van der Waals surface area contributed by atoms with Gasteiger partial charge < -0.3 is 25.2 Å². The summed E-state index contributed by atoms with van der Waals surface area (Å²) in [5.41, 5.74) is 2.99. The molecule has 0 saturated heterocycles. The molecule has 0 amide bonds. The maximum absolute atomic E-state index is 10.7. The number of methoxy groups -OCH3 is 2. The Balaban J connectivity index is 1.67. The molecule has 0 spiro atoms. The molecular weight excluding hydrogens is 406 g/mol. The van der Waals surface area contributed by atoms with Gasteiger partial charge in [-0.3, -0.25) is 4.68 Å². The van der Waals surface area contributed by atoms with Crippen molar-refractivity contribution in [3.05, 3.63) is 77.6 Å². The van der Waals surface area contributed by atoms with E-state index in [1.807, 2.05) is 36.0 Å². The van der Waals surface area contributed by atoms with Crippen LogP contribution in [0.15, 0.2) is 65.9 Å². The summed E-state index contributed by atoms with van der Waals surface area (Å²) in [7, 11) is 3.17. The van der Waals surface area contributed by atoms with Crippen LogP contribution >= 0.6 is 0 Å². The fourth-order valence-corrected chi connectivity index (χ4v) is 3.27. The van der Waals surface area contributed by atoms with Gasteiger partial charge in [-0.15, -0.1) is 0 Å². The maximum Gasteiger partial charge on any atom is 0.191 e. The molecule has 0 saturated carbocycles.